The lowest BCUT2D eigenvalue weighted by Gasteiger charge is -2.03. The largest absolute Gasteiger partial charge is 0.481 e. The van der Waals surface area contributed by atoms with Gasteiger partial charge in [0.1, 0.15) is 0 Å². The van der Waals surface area contributed by atoms with Crippen LogP contribution in [0.4, 0.5) is 0 Å². The molecule has 0 amide bonds. The highest BCUT2D eigenvalue weighted by Gasteiger charge is 2.06. The molecule has 0 radical (unpaired) electrons. The van der Waals surface area contributed by atoms with Gasteiger partial charge in [-0.05, 0) is 28.6 Å². The average Bonchev–Trinajstić information content (AvgIpc) is 2.77. The van der Waals surface area contributed by atoms with Crippen molar-refractivity contribution in [3.63, 3.8) is 0 Å². The second-order valence-corrected chi connectivity index (χ2v) is 4.05. The molecule has 2 aromatic rings. The molecule has 0 spiro atoms. The van der Waals surface area contributed by atoms with E-state index in [0.29, 0.717) is 12.4 Å². The second kappa shape index (κ2) is 4.42. The minimum absolute atomic E-state index is 0.567. The van der Waals surface area contributed by atoms with Crippen LogP contribution in [0.2, 0.25) is 0 Å². The molecule has 2 N–H and O–H groups in total. The van der Waals surface area contributed by atoms with Crippen LogP contribution in [-0.4, -0.2) is 12.1 Å². The van der Waals surface area contributed by atoms with Gasteiger partial charge in [-0.2, -0.15) is 0 Å². The number of hydrogen-bond donors (Lipinski definition) is 1. The second-order valence-electron chi connectivity index (χ2n) is 3.05. The lowest BCUT2D eigenvalue weighted by Crippen LogP contribution is -1.95. The monoisotopic (exact) mass is 220 g/mol. The third-order valence-electron chi connectivity index (χ3n) is 2.19. The molecular weight excluding hydrogens is 208 g/mol. The number of aromatic nitrogens is 1. The molecule has 0 unspecified atom stereocenters. The number of hydrogen-bond acceptors (Lipinski definition) is 4. The predicted molar refractivity (Wildman–Crippen MR) is 62.0 cm³/mol. The van der Waals surface area contributed by atoms with Gasteiger partial charge in [-0.15, -0.1) is 11.3 Å². The molecule has 2 heterocycles. The van der Waals surface area contributed by atoms with Gasteiger partial charge in [0.15, 0.2) is 0 Å². The molecule has 0 aromatic carbocycles. The first-order valence-corrected chi connectivity index (χ1v) is 5.50. The van der Waals surface area contributed by atoms with Gasteiger partial charge in [-0.1, -0.05) is 0 Å². The molecule has 4 heteroatoms. The molecule has 78 valence electrons. The molecule has 2 rings (SSSR count). The maximum absolute atomic E-state index is 5.67. The molecule has 0 aliphatic heterocycles. The summed E-state index contributed by atoms with van der Waals surface area (Å²) < 4.78 is 5.09. The number of pyridine rings is 1. The zero-order valence-corrected chi connectivity index (χ0v) is 9.25. The van der Waals surface area contributed by atoms with Crippen molar-refractivity contribution in [2.24, 2.45) is 5.73 Å². The molecule has 0 atom stereocenters. The lowest BCUT2D eigenvalue weighted by atomic mass is 10.1. The van der Waals surface area contributed by atoms with Crippen molar-refractivity contribution in [3.05, 3.63) is 34.7 Å². The first kappa shape index (κ1) is 10.1. The Kier molecular flexibility index (Phi) is 2.99. The van der Waals surface area contributed by atoms with Crippen LogP contribution < -0.4 is 10.5 Å². The summed E-state index contributed by atoms with van der Waals surface area (Å²) >= 11 is 1.67. The van der Waals surface area contributed by atoms with E-state index in [9.17, 15) is 0 Å². The first-order valence-electron chi connectivity index (χ1n) is 4.62. The van der Waals surface area contributed by atoms with Gasteiger partial charge >= 0.3 is 0 Å². The molecule has 0 fully saturated rings. The van der Waals surface area contributed by atoms with Crippen LogP contribution in [0.5, 0.6) is 5.88 Å². The predicted octanol–water partition coefficient (Wildman–Crippen LogP) is 2.28. The van der Waals surface area contributed by atoms with Crippen LogP contribution in [0.3, 0.4) is 0 Å². The molecule has 0 aliphatic rings. The Bertz CT molecular complexity index is 453. The van der Waals surface area contributed by atoms with Crippen molar-refractivity contribution in [2.45, 2.75) is 6.54 Å². The maximum Gasteiger partial charge on any atom is 0.213 e. The van der Waals surface area contributed by atoms with Gasteiger partial charge in [-0.3, -0.25) is 0 Å². The van der Waals surface area contributed by atoms with Gasteiger partial charge in [0.25, 0.3) is 0 Å². The highest BCUT2D eigenvalue weighted by Crippen LogP contribution is 2.29. The smallest absolute Gasteiger partial charge is 0.213 e. The van der Waals surface area contributed by atoms with Gasteiger partial charge < -0.3 is 10.5 Å². The molecule has 15 heavy (non-hydrogen) atoms. The Morgan fingerprint density at radius 1 is 1.47 bits per heavy atom. The number of rotatable bonds is 3. The van der Waals surface area contributed by atoms with E-state index in [4.69, 9.17) is 10.5 Å². The van der Waals surface area contributed by atoms with Gasteiger partial charge in [-0.25, -0.2) is 4.98 Å². The lowest BCUT2D eigenvalue weighted by molar-refractivity contribution is 0.398. The van der Waals surface area contributed by atoms with Gasteiger partial charge in [0.2, 0.25) is 5.88 Å². The van der Waals surface area contributed by atoms with E-state index >= 15 is 0 Å². The minimum Gasteiger partial charge on any atom is -0.481 e. The number of methoxy groups -OCH3 is 1. The topological polar surface area (TPSA) is 48.1 Å². The summed E-state index contributed by atoms with van der Waals surface area (Å²) in [5.41, 5.74) is 7.94. The van der Waals surface area contributed by atoms with E-state index in [1.165, 1.54) is 10.4 Å². The van der Waals surface area contributed by atoms with E-state index in [2.05, 4.69) is 11.1 Å². The standard InChI is InChI=1S/C11H12N2OS/c1-14-11-6-8(2-4-13-11)9-3-5-15-10(9)7-12/h2-6H,7,12H2,1H3. The highest BCUT2D eigenvalue weighted by atomic mass is 32.1. The van der Waals surface area contributed by atoms with Crippen molar-refractivity contribution in [1.82, 2.24) is 4.98 Å². The molecule has 0 aliphatic carbocycles. The van der Waals surface area contributed by atoms with Gasteiger partial charge in [0, 0.05) is 23.7 Å². The van der Waals surface area contributed by atoms with Crippen molar-refractivity contribution in [1.29, 1.82) is 0 Å². The zero-order valence-electron chi connectivity index (χ0n) is 8.43. The SMILES string of the molecule is COc1cc(-c2ccsc2CN)ccn1. The average molecular weight is 220 g/mol. The fraction of sp³-hybridized carbons (Fsp3) is 0.182. The summed E-state index contributed by atoms with van der Waals surface area (Å²) in [5, 5.41) is 2.05. The van der Waals surface area contributed by atoms with Crippen molar-refractivity contribution in [3.8, 4) is 17.0 Å². The molecule has 0 saturated heterocycles. The van der Waals surface area contributed by atoms with Crippen molar-refractivity contribution in [2.75, 3.05) is 7.11 Å². The summed E-state index contributed by atoms with van der Waals surface area (Å²) in [4.78, 5) is 5.26. The Morgan fingerprint density at radius 3 is 3.07 bits per heavy atom. The third kappa shape index (κ3) is 2.00. The quantitative estimate of drug-likeness (QED) is 0.863. The Labute approximate surface area is 92.5 Å². The summed E-state index contributed by atoms with van der Waals surface area (Å²) in [6, 6.07) is 5.95. The first-order chi connectivity index (χ1) is 7.35. The van der Waals surface area contributed by atoms with Crippen molar-refractivity contribution >= 4 is 11.3 Å². The molecule has 3 nitrogen and oxygen atoms in total. The summed E-state index contributed by atoms with van der Waals surface area (Å²) in [7, 11) is 1.61. The van der Waals surface area contributed by atoms with Crippen molar-refractivity contribution < 1.29 is 4.74 Å². The molecule has 0 bridgehead atoms. The number of nitrogens with two attached hydrogens (primary N) is 1. The third-order valence-corrected chi connectivity index (χ3v) is 3.13. The van der Waals surface area contributed by atoms with E-state index in [-0.39, 0.29) is 0 Å². The molecular formula is C11H12N2OS. The maximum atomic E-state index is 5.67. The fourth-order valence-corrected chi connectivity index (χ4v) is 2.22. The van der Waals surface area contributed by atoms with Crippen LogP contribution in [0, 0.1) is 0 Å². The van der Waals surface area contributed by atoms with E-state index in [0.717, 1.165) is 5.56 Å². The van der Waals surface area contributed by atoms with Crippen LogP contribution in [0.25, 0.3) is 11.1 Å². The number of thiophene rings is 1. The summed E-state index contributed by atoms with van der Waals surface area (Å²) in [6.07, 6.45) is 1.74. The summed E-state index contributed by atoms with van der Waals surface area (Å²) in [5.74, 6) is 0.627. The molecule has 0 saturated carbocycles. The van der Waals surface area contributed by atoms with Gasteiger partial charge in [0.05, 0.1) is 7.11 Å². The van der Waals surface area contributed by atoms with E-state index in [1.807, 2.05) is 17.5 Å². The van der Waals surface area contributed by atoms with Crippen LogP contribution in [0.1, 0.15) is 4.88 Å². The van der Waals surface area contributed by atoms with E-state index in [1.54, 1.807) is 24.6 Å². The Balaban J connectivity index is 2.44. The molecule has 2 aromatic heterocycles. The van der Waals surface area contributed by atoms with E-state index < -0.39 is 0 Å². The number of nitrogens with zero attached hydrogens (tertiary/aromatic N) is 1. The minimum atomic E-state index is 0.567. The normalized spacial score (nSPS) is 10.3. The fourth-order valence-electron chi connectivity index (χ4n) is 1.44. The van der Waals surface area contributed by atoms with Crippen LogP contribution in [-0.2, 0) is 6.54 Å². The van der Waals surface area contributed by atoms with Crippen LogP contribution in [0.15, 0.2) is 29.8 Å². The summed E-state index contributed by atoms with van der Waals surface area (Å²) in [6.45, 7) is 0.567. The zero-order chi connectivity index (χ0) is 10.7. The Morgan fingerprint density at radius 2 is 2.33 bits per heavy atom. The van der Waals surface area contributed by atoms with Crippen LogP contribution >= 0.6 is 11.3 Å². The highest BCUT2D eigenvalue weighted by molar-refractivity contribution is 7.10. The number of ether oxygens (including phenoxy) is 1. The Hall–Kier alpha value is -1.39.